The molecule has 1 saturated heterocycles. The van der Waals surface area contributed by atoms with Gasteiger partial charge in [-0.2, -0.15) is 5.10 Å². The van der Waals surface area contributed by atoms with Crippen LogP contribution >= 0.6 is 0 Å². The van der Waals surface area contributed by atoms with Gasteiger partial charge in [-0.15, -0.1) is 0 Å². The van der Waals surface area contributed by atoms with Gasteiger partial charge in [-0.1, -0.05) is 12.1 Å². The molecule has 1 aliphatic heterocycles. The average Bonchev–Trinajstić information content (AvgIpc) is 2.52. The van der Waals surface area contributed by atoms with Crippen LogP contribution in [0.5, 0.6) is 0 Å². The van der Waals surface area contributed by atoms with Gasteiger partial charge in [0.15, 0.2) is 0 Å². The number of aromatic nitrogens is 2. The molecule has 0 unspecified atom stereocenters. The molecular weight excluding hydrogens is 282 g/mol. The summed E-state index contributed by atoms with van der Waals surface area (Å²) in [6, 6.07) is 7.25. The molecule has 1 amide bonds. The molecule has 6 heteroatoms. The molecule has 1 fully saturated rings. The summed E-state index contributed by atoms with van der Waals surface area (Å²) in [5.41, 5.74) is 0.546. The Kier molecular flexibility index (Phi) is 3.94. The molecule has 0 spiro atoms. The van der Waals surface area contributed by atoms with Crippen LogP contribution in [0.15, 0.2) is 35.3 Å². The molecule has 6 nitrogen and oxygen atoms in total. The molecule has 1 aromatic carbocycles. The Labute approximate surface area is 128 Å². The van der Waals surface area contributed by atoms with E-state index in [0.29, 0.717) is 24.1 Å². The van der Waals surface area contributed by atoms with Gasteiger partial charge in [-0.05, 0) is 26.0 Å². The van der Waals surface area contributed by atoms with Gasteiger partial charge in [0.2, 0.25) is 11.3 Å². The summed E-state index contributed by atoms with van der Waals surface area (Å²) in [5, 5.41) is 4.69. The maximum absolute atomic E-state index is 12.6. The molecule has 2 aromatic rings. The summed E-state index contributed by atoms with van der Waals surface area (Å²) >= 11 is 0. The van der Waals surface area contributed by atoms with E-state index in [2.05, 4.69) is 5.10 Å². The number of amides is 1. The zero-order valence-electron chi connectivity index (χ0n) is 12.7. The van der Waals surface area contributed by atoms with Gasteiger partial charge in [-0.25, -0.2) is 0 Å². The SMILES string of the molecule is C[C@@H]1CN(C(=O)Cn2ncc(=O)c3ccccc32)[C@H](C)CO1. The molecule has 2 heterocycles. The predicted molar refractivity (Wildman–Crippen MR) is 82.6 cm³/mol. The first-order valence-corrected chi connectivity index (χ1v) is 7.42. The normalized spacial score (nSPS) is 22.0. The van der Waals surface area contributed by atoms with Crippen LogP contribution in [0.4, 0.5) is 0 Å². The van der Waals surface area contributed by atoms with Crippen molar-refractivity contribution < 1.29 is 9.53 Å². The maximum Gasteiger partial charge on any atom is 0.244 e. The molecule has 3 rings (SSSR count). The Morgan fingerprint density at radius 1 is 1.36 bits per heavy atom. The minimum absolute atomic E-state index is 0.0102. The Hall–Kier alpha value is -2.21. The summed E-state index contributed by atoms with van der Waals surface area (Å²) in [4.78, 5) is 26.2. The van der Waals surface area contributed by atoms with Crippen molar-refractivity contribution in [2.45, 2.75) is 32.5 Å². The molecule has 0 bridgehead atoms. The maximum atomic E-state index is 12.6. The van der Waals surface area contributed by atoms with Crippen molar-refractivity contribution in [3.63, 3.8) is 0 Å². The van der Waals surface area contributed by atoms with Crippen LogP contribution in [0.25, 0.3) is 10.9 Å². The minimum atomic E-state index is -0.132. The van der Waals surface area contributed by atoms with E-state index in [1.807, 2.05) is 36.9 Å². The zero-order chi connectivity index (χ0) is 15.7. The fourth-order valence-electron chi connectivity index (χ4n) is 2.76. The van der Waals surface area contributed by atoms with Crippen molar-refractivity contribution in [1.29, 1.82) is 0 Å². The highest BCUT2D eigenvalue weighted by Gasteiger charge is 2.27. The number of hydrogen-bond acceptors (Lipinski definition) is 4. The molecule has 22 heavy (non-hydrogen) atoms. The molecule has 1 aliphatic rings. The number of rotatable bonds is 2. The molecule has 0 aliphatic carbocycles. The Morgan fingerprint density at radius 2 is 2.14 bits per heavy atom. The van der Waals surface area contributed by atoms with Crippen LogP contribution < -0.4 is 5.43 Å². The van der Waals surface area contributed by atoms with E-state index in [-0.39, 0.29) is 30.0 Å². The summed E-state index contributed by atoms with van der Waals surface area (Å²) in [6.07, 6.45) is 1.31. The number of para-hydroxylation sites is 1. The quantitative estimate of drug-likeness (QED) is 0.831. The van der Waals surface area contributed by atoms with Crippen molar-refractivity contribution in [3.8, 4) is 0 Å². The number of nitrogens with zero attached hydrogens (tertiary/aromatic N) is 3. The number of morpholine rings is 1. The van der Waals surface area contributed by atoms with Crippen molar-refractivity contribution in [1.82, 2.24) is 14.7 Å². The largest absolute Gasteiger partial charge is 0.375 e. The lowest BCUT2D eigenvalue weighted by Gasteiger charge is -2.36. The van der Waals surface area contributed by atoms with E-state index in [0.717, 1.165) is 0 Å². The monoisotopic (exact) mass is 301 g/mol. The van der Waals surface area contributed by atoms with Crippen LogP contribution in [0.1, 0.15) is 13.8 Å². The first-order chi connectivity index (χ1) is 10.6. The second kappa shape index (κ2) is 5.88. The number of carbonyl (C=O) groups is 1. The highest BCUT2D eigenvalue weighted by Crippen LogP contribution is 2.13. The van der Waals surface area contributed by atoms with E-state index in [9.17, 15) is 9.59 Å². The number of fused-ring (bicyclic) bond motifs is 1. The van der Waals surface area contributed by atoms with E-state index < -0.39 is 0 Å². The van der Waals surface area contributed by atoms with Gasteiger partial charge >= 0.3 is 0 Å². The molecular formula is C16H19N3O3. The Balaban J connectivity index is 1.88. The topological polar surface area (TPSA) is 64.4 Å². The number of hydrogen-bond donors (Lipinski definition) is 0. The highest BCUT2D eigenvalue weighted by molar-refractivity contribution is 5.81. The second-order valence-electron chi connectivity index (χ2n) is 5.72. The van der Waals surface area contributed by atoms with Crippen LogP contribution in [-0.4, -0.2) is 45.9 Å². The molecule has 0 saturated carbocycles. The van der Waals surface area contributed by atoms with Gasteiger partial charge < -0.3 is 9.64 Å². The Bertz CT molecular complexity index is 756. The van der Waals surface area contributed by atoms with Gasteiger partial charge in [0.25, 0.3) is 0 Å². The standard InChI is InChI=1S/C16H19N3O3/c1-11-10-22-12(2)8-18(11)16(21)9-19-14-6-4-3-5-13(14)15(20)7-17-19/h3-7,11-12H,8-10H2,1-2H3/t11-,12-/m1/s1. The second-order valence-corrected chi connectivity index (χ2v) is 5.72. The number of ether oxygens (including phenoxy) is 1. The molecule has 0 radical (unpaired) electrons. The van der Waals surface area contributed by atoms with Crippen molar-refractivity contribution in [2.24, 2.45) is 0 Å². The van der Waals surface area contributed by atoms with Crippen LogP contribution in [0, 0.1) is 0 Å². The first-order valence-electron chi connectivity index (χ1n) is 7.42. The number of carbonyl (C=O) groups excluding carboxylic acids is 1. The summed E-state index contributed by atoms with van der Waals surface area (Å²) in [7, 11) is 0. The third-order valence-electron chi connectivity index (χ3n) is 3.98. The van der Waals surface area contributed by atoms with E-state index in [4.69, 9.17) is 4.74 Å². The summed E-state index contributed by atoms with van der Waals surface area (Å²) in [5.74, 6) is -0.0102. The van der Waals surface area contributed by atoms with Crippen LogP contribution in [0.2, 0.25) is 0 Å². The molecule has 1 aromatic heterocycles. The van der Waals surface area contributed by atoms with Crippen molar-refractivity contribution >= 4 is 16.8 Å². The van der Waals surface area contributed by atoms with Gasteiger partial charge in [0, 0.05) is 11.9 Å². The molecule has 0 N–H and O–H groups in total. The Morgan fingerprint density at radius 3 is 2.95 bits per heavy atom. The van der Waals surface area contributed by atoms with Gasteiger partial charge in [0.1, 0.15) is 6.54 Å². The molecule has 2 atom stereocenters. The van der Waals surface area contributed by atoms with Crippen LogP contribution in [0.3, 0.4) is 0 Å². The van der Waals surface area contributed by atoms with E-state index >= 15 is 0 Å². The fourth-order valence-corrected chi connectivity index (χ4v) is 2.76. The number of benzene rings is 1. The third-order valence-corrected chi connectivity index (χ3v) is 3.98. The molecule has 116 valence electrons. The smallest absolute Gasteiger partial charge is 0.244 e. The minimum Gasteiger partial charge on any atom is -0.375 e. The van der Waals surface area contributed by atoms with Crippen molar-refractivity contribution in [3.05, 3.63) is 40.7 Å². The van der Waals surface area contributed by atoms with Crippen molar-refractivity contribution in [2.75, 3.05) is 13.2 Å². The van der Waals surface area contributed by atoms with E-state index in [1.165, 1.54) is 6.20 Å². The fraction of sp³-hybridized carbons (Fsp3) is 0.438. The zero-order valence-corrected chi connectivity index (χ0v) is 12.7. The highest BCUT2D eigenvalue weighted by atomic mass is 16.5. The summed E-state index contributed by atoms with van der Waals surface area (Å²) in [6.45, 7) is 5.18. The predicted octanol–water partition coefficient (Wildman–Crippen LogP) is 1.03. The van der Waals surface area contributed by atoms with Crippen LogP contribution in [-0.2, 0) is 16.1 Å². The average molecular weight is 301 g/mol. The van der Waals surface area contributed by atoms with E-state index in [1.54, 1.807) is 10.7 Å². The third kappa shape index (κ3) is 2.74. The first kappa shape index (κ1) is 14.7. The van der Waals surface area contributed by atoms with Gasteiger partial charge in [-0.3, -0.25) is 14.3 Å². The lowest BCUT2D eigenvalue weighted by Crippen LogP contribution is -2.51. The summed E-state index contributed by atoms with van der Waals surface area (Å²) < 4.78 is 7.14. The lowest BCUT2D eigenvalue weighted by molar-refractivity contribution is -0.143. The lowest BCUT2D eigenvalue weighted by atomic mass is 10.2. The van der Waals surface area contributed by atoms with Gasteiger partial charge in [0.05, 0.1) is 30.5 Å².